The minimum atomic E-state index is -0.427. The van der Waals surface area contributed by atoms with Gasteiger partial charge in [-0.05, 0) is 52.2 Å². The van der Waals surface area contributed by atoms with E-state index >= 15 is 0 Å². The van der Waals surface area contributed by atoms with Gasteiger partial charge in [0.25, 0.3) is 0 Å². The number of esters is 1. The van der Waals surface area contributed by atoms with Crippen LogP contribution in [-0.2, 0) is 9.53 Å². The molecule has 134 valence electrons. The Bertz CT molecular complexity index is 877. The number of methoxy groups -OCH3 is 1. The van der Waals surface area contributed by atoms with Crippen LogP contribution in [0, 0.1) is 0 Å². The van der Waals surface area contributed by atoms with Crippen LogP contribution in [0.3, 0.4) is 0 Å². The molecule has 4 nitrogen and oxygen atoms in total. The van der Waals surface area contributed by atoms with Gasteiger partial charge >= 0.3 is 5.97 Å². The average molecular weight is 435 g/mol. The predicted octanol–water partition coefficient (Wildman–Crippen LogP) is 5.33. The van der Waals surface area contributed by atoms with Crippen molar-refractivity contribution in [2.45, 2.75) is 18.8 Å². The quantitative estimate of drug-likeness (QED) is 0.661. The number of hydrogen-bond acceptors (Lipinski definition) is 4. The molecule has 0 saturated carbocycles. The first-order chi connectivity index (χ1) is 12.5. The third-order valence-electron chi connectivity index (χ3n) is 4.33. The molecule has 6 heteroatoms. The second-order valence-corrected chi connectivity index (χ2v) is 7.22. The van der Waals surface area contributed by atoms with Crippen molar-refractivity contribution in [2.75, 3.05) is 12.4 Å². The molecule has 1 N–H and O–H groups in total. The predicted molar refractivity (Wildman–Crippen MR) is 106 cm³/mol. The van der Waals surface area contributed by atoms with E-state index in [0.29, 0.717) is 33.6 Å². The zero-order valence-electron chi connectivity index (χ0n) is 14.1. The highest BCUT2D eigenvalue weighted by molar-refractivity contribution is 9.10. The minimum absolute atomic E-state index is 0.0543. The number of allylic oxidation sites excluding steroid dienone is 2. The van der Waals surface area contributed by atoms with Crippen molar-refractivity contribution in [1.29, 1.82) is 0 Å². The smallest absolute Gasteiger partial charge is 0.339 e. The standard InChI is InChI=1S/C20H17BrClNO3/c1-26-20(25)16-3-2-4-17(19(16)21)23-18-11-14(24)9-10-15(18)12-5-7-13(22)8-6-12/h2-8,11,15,23H,9-10H2,1H3. The van der Waals surface area contributed by atoms with Gasteiger partial charge in [0.2, 0.25) is 0 Å². The molecule has 0 radical (unpaired) electrons. The van der Waals surface area contributed by atoms with Crippen molar-refractivity contribution < 1.29 is 14.3 Å². The van der Waals surface area contributed by atoms with Gasteiger partial charge in [-0.1, -0.05) is 29.8 Å². The van der Waals surface area contributed by atoms with Crippen LogP contribution in [0.5, 0.6) is 0 Å². The fourth-order valence-electron chi connectivity index (χ4n) is 3.00. The van der Waals surface area contributed by atoms with E-state index in [2.05, 4.69) is 21.2 Å². The Morgan fingerprint density at radius 3 is 2.65 bits per heavy atom. The summed E-state index contributed by atoms with van der Waals surface area (Å²) < 4.78 is 5.40. The molecule has 0 saturated heterocycles. The van der Waals surface area contributed by atoms with Crippen LogP contribution in [0.15, 0.2) is 58.7 Å². The van der Waals surface area contributed by atoms with Gasteiger partial charge in [0.1, 0.15) is 0 Å². The fraction of sp³-hybridized carbons (Fsp3) is 0.200. The molecule has 0 heterocycles. The van der Waals surface area contributed by atoms with Crippen molar-refractivity contribution in [3.63, 3.8) is 0 Å². The monoisotopic (exact) mass is 433 g/mol. The van der Waals surface area contributed by atoms with Gasteiger partial charge in [0, 0.05) is 29.1 Å². The lowest BCUT2D eigenvalue weighted by Crippen LogP contribution is -2.18. The van der Waals surface area contributed by atoms with E-state index in [9.17, 15) is 9.59 Å². The second kappa shape index (κ2) is 8.06. The number of ketones is 1. The summed E-state index contributed by atoms with van der Waals surface area (Å²) in [6.45, 7) is 0. The van der Waals surface area contributed by atoms with Crippen LogP contribution < -0.4 is 5.32 Å². The zero-order chi connectivity index (χ0) is 18.7. The van der Waals surface area contributed by atoms with Crippen LogP contribution in [0.4, 0.5) is 5.69 Å². The summed E-state index contributed by atoms with van der Waals surface area (Å²) in [6.07, 6.45) is 2.86. The van der Waals surface area contributed by atoms with Crippen LogP contribution in [-0.4, -0.2) is 18.9 Å². The SMILES string of the molecule is COC(=O)c1cccc(NC2=CC(=O)CCC2c2ccc(Cl)cc2)c1Br. The van der Waals surface area contributed by atoms with Gasteiger partial charge in [0.05, 0.1) is 22.8 Å². The van der Waals surface area contributed by atoms with Crippen LogP contribution >= 0.6 is 27.5 Å². The maximum atomic E-state index is 12.0. The Morgan fingerprint density at radius 1 is 1.23 bits per heavy atom. The Hall–Kier alpha value is -2.11. The van der Waals surface area contributed by atoms with E-state index in [-0.39, 0.29) is 11.7 Å². The van der Waals surface area contributed by atoms with Gasteiger partial charge in [-0.25, -0.2) is 4.79 Å². The molecule has 0 aliphatic heterocycles. The maximum Gasteiger partial charge on any atom is 0.339 e. The number of ether oxygens (including phenoxy) is 1. The van der Waals surface area contributed by atoms with E-state index < -0.39 is 5.97 Å². The highest BCUT2D eigenvalue weighted by Gasteiger charge is 2.24. The van der Waals surface area contributed by atoms with Gasteiger partial charge in [-0.3, -0.25) is 4.79 Å². The number of carbonyl (C=O) groups is 2. The fourth-order valence-corrected chi connectivity index (χ4v) is 3.66. The number of anilines is 1. The van der Waals surface area contributed by atoms with Gasteiger partial charge in [-0.15, -0.1) is 0 Å². The number of rotatable bonds is 4. The lowest BCUT2D eigenvalue weighted by Gasteiger charge is -2.26. The molecule has 1 atom stereocenters. The number of nitrogens with one attached hydrogen (secondary N) is 1. The molecular weight excluding hydrogens is 418 g/mol. The van der Waals surface area contributed by atoms with E-state index in [1.807, 2.05) is 30.3 Å². The average Bonchev–Trinajstić information content (AvgIpc) is 2.64. The molecule has 0 amide bonds. The van der Waals surface area contributed by atoms with Gasteiger partial charge in [0.15, 0.2) is 5.78 Å². The molecule has 1 aliphatic rings. The molecule has 0 aromatic heterocycles. The molecule has 1 unspecified atom stereocenters. The molecular formula is C20H17BrClNO3. The summed E-state index contributed by atoms with van der Waals surface area (Å²) in [5.74, 6) is -0.292. The number of hydrogen-bond donors (Lipinski definition) is 1. The molecule has 0 bridgehead atoms. The first-order valence-electron chi connectivity index (χ1n) is 8.13. The van der Waals surface area contributed by atoms with E-state index in [4.69, 9.17) is 16.3 Å². The second-order valence-electron chi connectivity index (χ2n) is 5.99. The maximum absolute atomic E-state index is 12.0. The van der Waals surface area contributed by atoms with Crippen molar-refractivity contribution in [1.82, 2.24) is 0 Å². The van der Waals surface area contributed by atoms with Gasteiger partial charge in [-0.2, -0.15) is 0 Å². The third kappa shape index (κ3) is 4.00. The van der Waals surface area contributed by atoms with E-state index in [1.54, 1.807) is 18.2 Å². The lowest BCUT2D eigenvalue weighted by molar-refractivity contribution is -0.115. The number of carbonyl (C=O) groups excluding carboxylic acids is 2. The molecule has 2 aromatic carbocycles. The molecule has 0 fully saturated rings. The molecule has 1 aliphatic carbocycles. The Kier molecular flexibility index (Phi) is 5.79. The Morgan fingerprint density at radius 2 is 1.96 bits per heavy atom. The normalized spacial score (nSPS) is 16.8. The highest BCUT2D eigenvalue weighted by Crippen LogP contribution is 2.36. The van der Waals surface area contributed by atoms with Crippen molar-refractivity contribution in [3.8, 4) is 0 Å². The minimum Gasteiger partial charge on any atom is -0.465 e. The van der Waals surface area contributed by atoms with Crippen molar-refractivity contribution in [2.24, 2.45) is 0 Å². The molecule has 3 rings (SSSR count). The summed E-state index contributed by atoms with van der Waals surface area (Å²) in [6, 6.07) is 12.9. The summed E-state index contributed by atoms with van der Waals surface area (Å²) >= 11 is 9.44. The van der Waals surface area contributed by atoms with Crippen molar-refractivity contribution in [3.05, 3.63) is 74.9 Å². The van der Waals surface area contributed by atoms with Crippen molar-refractivity contribution >= 4 is 45.0 Å². The summed E-state index contributed by atoms with van der Waals surface area (Å²) in [5.41, 5.74) is 3.00. The zero-order valence-corrected chi connectivity index (χ0v) is 16.4. The summed E-state index contributed by atoms with van der Waals surface area (Å²) in [5, 5.41) is 3.99. The third-order valence-corrected chi connectivity index (χ3v) is 5.43. The topological polar surface area (TPSA) is 55.4 Å². The largest absolute Gasteiger partial charge is 0.465 e. The van der Waals surface area contributed by atoms with Gasteiger partial charge < -0.3 is 10.1 Å². The molecule has 0 spiro atoms. The molecule has 2 aromatic rings. The summed E-state index contributed by atoms with van der Waals surface area (Å²) in [7, 11) is 1.34. The van der Waals surface area contributed by atoms with E-state index in [1.165, 1.54) is 7.11 Å². The first kappa shape index (κ1) is 18.7. The highest BCUT2D eigenvalue weighted by atomic mass is 79.9. The van der Waals surface area contributed by atoms with Crippen LogP contribution in [0.25, 0.3) is 0 Å². The first-order valence-corrected chi connectivity index (χ1v) is 9.30. The lowest BCUT2D eigenvalue weighted by atomic mass is 9.85. The number of halogens is 2. The van der Waals surface area contributed by atoms with Crippen LogP contribution in [0.1, 0.15) is 34.7 Å². The number of benzene rings is 2. The summed E-state index contributed by atoms with van der Waals surface area (Å²) in [4.78, 5) is 23.9. The van der Waals surface area contributed by atoms with Crippen LogP contribution in [0.2, 0.25) is 5.02 Å². The van der Waals surface area contributed by atoms with E-state index in [0.717, 1.165) is 11.3 Å². The Balaban J connectivity index is 1.94. The molecule has 26 heavy (non-hydrogen) atoms. The Labute approximate surface area is 165 Å².